The summed E-state index contributed by atoms with van der Waals surface area (Å²) in [6.45, 7) is 3.45. The monoisotopic (exact) mass is 545 g/mol. The number of anilines is 3. The van der Waals surface area contributed by atoms with E-state index in [9.17, 15) is 13.6 Å². The van der Waals surface area contributed by atoms with Gasteiger partial charge in [-0.1, -0.05) is 6.07 Å². The molecule has 40 heavy (non-hydrogen) atoms. The Labute approximate surface area is 231 Å². The van der Waals surface area contributed by atoms with Gasteiger partial charge in [0.1, 0.15) is 11.6 Å². The van der Waals surface area contributed by atoms with Crippen molar-refractivity contribution in [1.82, 2.24) is 10.2 Å². The first-order chi connectivity index (χ1) is 19.5. The lowest BCUT2D eigenvalue weighted by Crippen LogP contribution is -2.31. The number of aromatic amines is 1. The summed E-state index contributed by atoms with van der Waals surface area (Å²) in [5, 5.41) is 14.6. The van der Waals surface area contributed by atoms with Crippen LogP contribution in [0.15, 0.2) is 54.6 Å². The third-order valence-electron chi connectivity index (χ3n) is 7.74. The van der Waals surface area contributed by atoms with Gasteiger partial charge in [0.2, 0.25) is 0 Å². The molecule has 3 N–H and O–H groups in total. The molecule has 2 aliphatic rings. The first-order valence-corrected chi connectivity index (χ1v) is 14.0. The van der Waals surface area contributed by atoms with Crippen LogP contribution in [-0.2, 0) is 11.2 Å². The molecule has 2 aliphatic heterocycles. The van der Waals surface area contributed by atoms with E-state index in [2.05, 4.69) is 31.8 Å². The first-order valence-electron chi connectivity index (χ1n) is 14.0. The maximum atomic E-state index is 13.7. The van der Waals surface area contributed by atoms with Gasteiger partial charge in [0.05, 0.1) is 11.1 Å². The Balaban J connectivity index is 1.26. The van der Waals surface area contributed by atoms with Crippen molar-refractivity contribution >= 4 is 34.0 Å². The van der Waals surface area contributed by atoms with Crippen LogP contribution in [0.3, 0.4) is 0 Å². The van der Waals surface area contributed by atoms with Crippen LogP contribution >= 0.6 is 0 Å². The molecular weight excluding hydrogens is 512 g/mol. The Morgan fingerprint density at radius 3 is 2.50 bits per heavy atom. The molecule has 9 heteroatoms. The van der Waals surface area contributed by atoms with Crippen molar-refractivity contribution < 1.29 is 18.3 Å². The molecule has 0 spiro atoms. The normalized spacial score (nSPS) is 16.3. The number of nitrogens with one attached hydrogen (secondary N) is 3. The maximum Gasteiger partial charge on any atom is 0.258 e. The summed E-state index contributed by atoms with van der Waals surface area (Å²) in [5.74, 6) is -1.07. The van der Waals surface area contributed by atoms with E-state index >= 15 is 0 Å². The van der Waals surface area contributed by atoms with Crippen LogP contribution in [0.1, 0.15) is 53.6 Å². The third kappa shape index (κ3) is 5.94. The van der Waals surface area contributed by atoms with Gasteiger partial charge in [-0.3, -0.25) is 9.89 Å². The molecule has 3 aromatic carbocycles. The van der Waals surface area contributed by atoms with E-state index in [0.717, 1.165) is 59.8 Å². The number of halogens is 2. The number of rotatable bonds is 7. The minimum Gasteiger partial charge on any atom is -0.381 e. The summed E-state index contributed by atoms with van der Waals surface area (Å²) >= 11 is 0. The Bertz CT molecular complexity index is 1490. The predicted octanol–water partition coefficient (Wildman–Crippen LogP) is 6.27. The topological polar surface area (TPSA) is 82.3 Å². The second kappa shape index (κ2) is 11.6. The molecule has 0 bridgehead atoms. The Hall–Kier alpha value is -3.98. The van der Waals surface area contributed by atoms with Gasteiger partial charge in [-0.2, -0.15) is 5.10 Å². The van der Waals surface area contributed by atoms with Crippen molar-refractivity contribution in [3.8, 4) is 0 Å². The van der Waals surface area contributed by atoms with Gasteiger partial charge in [-0.05, 0) is 92.1 Å². The fourth-order valence-corrected chi connectivity index (χ4v) is 5.65. The number of H-pyrrole nitrogens is 1. The Kier molecular flexibility index (Phi) is 7.64. The van der Waals surface area contributed by atoms with Crippen LogP contribution in [0.2, 0.25) is 0 Å². The summed E-state index contributed by atoms with van der Waals surface area (Å²) in [6.07, 6.45) is 5.72. The molecule has 3 heterocycles. The zero-order valence-electron chi connectivity index (χ0n) is 22.3. The predicted molar refractivity (Wildman–Crippen MR) is 153 cm³/mol. The van der Waals surface area contributed by atoms with Gasteiger partial charge in [0, 0.05) is 55.2 Å². The van der Waals surface area contributed by atoms with E-state index in [1.165, 1.54) is 31.4 Å². The highest BCUT2D eigenvalue weighted by molar-refractivity contribution is 6.11. The molecule has 6 rings (SSSR count). The van der Waals surface area contributed by atoms with Crippen molar-refractivity contribution in [3.63, 3.8) is 0 Å². The SMILES string of the molecule is O=C(Nc1n[nH]c2ccc(Cc3cc(F)cc(F)c3)cc12)c1ccc(N2CCCCC2)cc1NC1CCOCC1. The van der Waals surface area contributed by atoms with Gasteiger partial charge < -0.3 is 20.3 Å². The van der Waals surface area contributed by atoms with Crippen LogP contribution in [-0.4, -0.2) is 48.4 Å². The van der Waals surface area contributed by atoms with Crippen LogP contribution in [0, 0.1) is 11.6 Å². The second-order valence-electron chi connectivity index (χ2n) is 10.7. The molecule has 4 aromatic rings. The number of carbonyl (C=O) groups is 1. The number of carbonyl (C=O) groups excluding carboxylic acids is 1. The fourth-order valence-electron chi connectivity index (χ4n) is 5.65. The van der Waals surface area contributed by atoms with E-state index in [1.54, 1.807) is 0 Å². The third-order valence-corrected chi connectivity index (χ3v) is 7.74. The first kappa shape index (κ1) is 26.3. The number of benzene rings is 3. The quantitative estimate of drug-likeness (QED) is 0.255. The largest absolute Gasteiger partial charge is 0.381 e. The van der Waals surface area contributed by atoms with Crippen LogP contribution in [0.5, 0.6) is 0 Å². The second-order valence-corrected chi connectivity index (χ2v) is 10.7. The van der Waals surface area contributed by atoms with Gasteiger partial charge in [0.25, 0.3) is 5.91 Å². The fraction of sp³-hybridized carbons (Fsp3) is 0.355. The lowest BCUT2D eigenvalue weighted by molar-refractivity contribution is 0.0904. The summed E-state index contributed by atoms with van der Waals surface area (Å²) < 4.78 is 32.9. The molecule has 7 nitrogen and oxygen atoms in total. The average molecular weight is 546 g/mol. The van der Waals surface area contributed by atoms with E-state index < -0.39 is 11.6 Å². The zero-order valence-corrected chi connectivity index (χ0v) is 22.3. The zero-order chi connectivity index (χ0) is 27.5. The van der Waals surface area contributed by atoms with E-state index in [0.29, 0.717) is 36.6 Å². The number of piperidine rings is 1. The number of aromatic nitrogens is 2. The Morgan fingerprint density at radius 1 is 0.950 bits per heavy atom. The molecule has 2 saturated heterocycles. The summed E-state index contributed by atoms with van der Waals surface area (Å²) in [6, 6.07) is 15.4. The van der Waals surface area contributed by atoms with Crippen LogP contribution in [0.4, 0.5) is 26.0 Å². The number of hydrogen-bond donors (Lipinski definition) is 3. The lowest BCUT2D eigenvalue weighted by Gasteiger charge is -2.30. The molecule has 0 saturated carbocycles. The summed E-state index contributed by atoms with van der Waals surface area (Å²) in [7, 11) is 0. The van der Waals surface area contributed by atoms with Gasteiger partial charge in [0.15, 0.2) is 5.82 Å². The molecule has 0 atom stereocenters. The van der Waals surface area contributed by atoms with Crippen molar-refractivity contribution in [2.75, 3.05) is 41.8 Å². The van der Waals surface area contributed by atoms with Gasteiger partial charge >= 0.3 is 0 Å². The van der Waals surface area contributed by atoms with Crippen molar-refractivity contribution in [2.45, 2.75) is 44.6 Å². The number of amides is 1. The molecular formula is C31H33F2N5O2. The molecule has 0 aliphatic carbocycles. The minimum atomic E-state index is -0.608. The molecule has 0 radical (unpaired) electrons. The lowest BCUT2D eigenvalue weighted by atomic mass is 10.0. The van der Waals surface area contributed by atoms with Crippen molar-refractivity contribution in [1.29, 1.82) is 0 Å². The van der Waals surface area contributed by atoms with Crippen molar-refractivity contribution in [3.05, 3.63) is 82.9 Å². The molecule has 1 amide bonds. The molecule has 0 unspecified atom stereocenters. The number of nitrogens with zero attached hydrogens (tertiary/aromatic N) is 2. The van der Waals surface area contributed by atoms with Crippen LogP contribution < -0.4 is 15.5 Å². The number of fused-ring (bicyclic) bond motifs is 1. The average Bonchev–Trinajstić information content (AvgIpc) is 3.35. The highest BCUT2D eigenvalue weighted by Crippen LogP contribution is 2.30. The molecule has 208 valence electrons. The maximum absolute atomic E-state index is 13.7. The van der Waals surface area contributed by atoms with E-state index in [-0.39, 0.29) is 11.9 Å². The van der Waals surface area contributed by atoms with Crippen molar-refractivity contribution in [2.24, 2.45) is 0 Å². The number of ether oxygens (including phenoxy) is 1. The standard InChI is InChI=1S/C31H33F2N5O2/c32-22-15-21(16-23(33)18-22)14-20-4-7-28-27(17-20)30(37-36-28)35-31(39)26-6-5-25(38-10-2-1-3-11-38)19-29(26)34-24-8-12-40-13-9-24/h4-7,15-19,24,34H,1-3,8-14H2,(H2,35,36,37,39). The highest BCUT2D eigenvalue weighted by atomic mass is 19.1. The molecule has 2 fully saturated rings. The highest BCUT2D eigenvalue weighted by Gasteiger charge is 2.21. The van der Waals surface area contributed by atoms with Gasteiger partial charge in [-0.15, -0.1) is 0 Å². The Morgan fingerprint density at radius 2 is 1.73 bits per heavy atom. The summed E-state index contributed by atoms with van der Waals surface area (Å²) in [4.78, 5) is 16.0. The number of hydrogen-bond acceptors (Lipinski definition) is 5. The van der Waals surface area contributed by atoms with Crippen LogP contribution in [0.25, 0.3) is 10.9 Å². The minimum absolute atomic E-state index is 0.235. The van der Waals surface area contributed by atoms with E-state index in [1.807, 2.05) is 30.3 Å². The van der Waals surface area contributed by atoms with Gasteiger partial charge in [-0.25, -0.2) is 8.78 Å². The van der Waals surface area contributed by atoms with E-state index in [4.69, 9.17) is 4.74 Å². The smallest absolute Gasteiger partial charge is 0.258 e. The summed E-state index contributed by atoms with van der Waals surface area (Å²) in [5.41, 5.74) is 4.61. The molecule has 1 aromatic heterocycles.